The highest BCUT2D eigenvalue weighted by molar-refractivity contribution is 5.85. The maximum absolute atomic E-state index is 12.7. The molecule has 0 saturated heterocycles. The normalized spacial score (nSPS) is 31.8. The fourth-order valence-corrected chi connectivity index (χ4v) is 6.45. The van der Waals surface area contributed by atoms with Gasteiger partial charge in [0.05, 0.1) is 11.7 Å². The quantitative estimate of drug-likeness (QED) is 0.526. The second-order valence-electron chi connectivity index (χ2n) is 10.3. The van der Waals surface area contributed by atoms with Gasteiger partial charge in [-0.25, -0.2) is 0 Å². The first-order valence-electron chi connectivity index (χ1n) is 11.5. The van der Waals surface area contributed by atoms with Crippen molar-refractivity contribution in [3.8, 4) is 0 Å². The fourth-order valence-electron chi connectivity index (χ4n) is 6.45. The minimum atomic E-state index is -1.76. The Morgan fingerprint density at radius 1 is 1.03 bits per heavy atom. The number of aliphatic hydroxyl groups is 1. The van der Waals surface area contributed by atoms with Crippen molar-refractivity contribution in [2.45, 2.75) is 90.6 Å². The molecule has 1 heterocycles. The van der Waals surface area contributed by atoms with Gasteiger partial charge in [0.15, 0.2) is 12.2 Å². The van der Waals surface area contributed by atoms with Crippen LogP contribution < -0.4 is 0 Å². The van der Waals surface area contributed by atoms with Crippen molar-refractivity contribution in [2.75, 3.05) is 0 Å². The lowest BCUT2D eigenvalue weighted by Gasteiger charge is -2.65. The summed E-state index contributed by atoms with van der Waals surface area (Å²) in [7, 11) is 0. The number of furan rings is 1. The third kappa shape index (κ3) is 3.18. The number of fused-ring (bicyclic) bond motifs is 4. The van der Waals surface area contributed by atoms with E-state index in [4.69, 9.17) is 18.6 Å². The maximum atomic E-state index is 12.7. The minimum absolute atomic E-state index is 0.475. The summed E-state index contributed by atoms with van der Waals surface area (Å²) in [6, 6.07) is 3.63. The molecule has 34 heavy (non-hydrogen) atoms. The van der Waals surface area contributed by atoms with Crippen molar-refractivity contribution in [1.82, 2.24) is 0 Å². The van der Waals surface area contributed by atoms with E-state index in [1.165, 1.54) is 20.8 Å². The second-order valence-corrected chi connectivity index (χ2v) is 10.3. The Hall–Kier alpha value is -2.87. The molecule has 0 radical (unpaired) electrons. The molecule has 2 aromatic rings. The predicted molar refractivity (Wildman–Crippen MR) is 122 cm³/mol. The summed E-state index contributed by atoms with van der Waals surface area (Å²) in [6.07, 6.45) is -0.475. The number of hydrogen-bond acceptors (Lipinski definition) is 8. The van der Waals surface area contributed by atoms with Gasteiger partial charge in [-0.1, -0.05) is 13.8 Å². The van der Waals surface area contributed by atoms with Gasteiger partial charge in [-0.3, -0.25) is 14.4 Å². The van der Waals surface area contributed by atoms with Gasteiger partial charge >= 0.3 is 17.9 Å². The molecule has 1 saturated carbocycles. The molecule has 5 atom stereocenters. The van der Waals surface area contributed by atoms with Crippen molar-refractivity contribution in [3.05, 3.63) is 35.1 Å². The van der Waals surface area contributed by atoms with Crippen molar-refractivity contribution >= 4 is 28.9 Å². The van der Waals surface area contributed by atoms with E-state index < -0.39 is 52.7 Å². The van der Waals surface area contributed by atoms with Crippen molar-refractivity contribution in [1.29, 1.82) is 0 Å². The van der Waals surface area contributed by atoms with Crippen LogP contribution in [0.4, 0.5) is 0 Å². The van der Waals surface area contributed by atoms with Crippen LogP contribution >= 0.6 is 0 Å². The number of benzene rings is 1. The fraction of sp³-hybridized carbons (Fsp3) is 0.577. The van der Waals surface area contributed by atoms with Crippen LogP contribution in [0.5, 0.6) is 0 Å². The Morgan fingerprint density at radius 2 is 1.65 bits per heavy atom. The van der Waals surface area contributed by atoms with Gasteiger partial charge in [-0.2, -0.15) is 0 Å². The van der Waals surface area contributed by atoms with Crippen molar-refractivity contribution in [2.24, 2.45) is 5.41 Å². The standard InChI is InChI=1S/C26H32O8/c1-13-17-9-11-31-19(17)12-18-21(13)22(33-15(3)28)23(34-16(4)29)26(30)24(5,6)10-8-20(25(18,26)7)32-14(2)27/h9,11-12,20,22-23,30H,8,10H2,1-7H3/t20-,22-,23-,25-,26+/m0/s1. The number of rotatable bonds is 3. The molecule has 2 aliphatic rings. The lowest BCUT2D eigenvalue weighted by Crippen LogP contribution is -2.76. The van der Waals surface area contributed by atoms with Crippen molar-refractivity contribution < 1.29 is 38.1 Å². The summed E-state index contributed by atoms with van der Waals surface area (Å²) in [5, 5.41) is 13.5. The highest BCUT2D eigenvalue weighted by atomic mass is 16.6. The highest BCUT2D eigenvalue weighted by Gasteiger charge is 2.73. The Kier molecular flexibility index (Phi) is 5.59. The first kappa shape index (κ1) is 24.3. The third-order valence-corrected chi connectivity index (χ3v) is 7.99. The van der Waals surface area contributed by atoms with E-state index in [0.717, 1.165) is 10.9 Å². The van der Waals surface area contributed by atoms with E-state index in [-0.39, 0.29) is 0 Å². The van der Waals surface area contributed by atoms with Gasteiger partial charge < -0.3 is 23.7 Å². The van der Waals surface area contributed by atoms with Crippen LogP contribution in [0.2, 0.25) is 0 Å². The molecular formula is C26H32O8. The van der Waals surface area contributed by atoms with Gasteiger partial charge in [-0.15, -0.1) is 0 Å². The summed E-state index contributed by atoms with van der Waals surface area (Å²) < 4.78 is 23.1. The zero-order chi connectivity index (χ0) is 25.2. The molecule has 1 N–H and O–H groups in total. The number of ether oxygens (including phenoxy) is 3. The number of esters is 3. The number of carbonyl (C=O) groups is 3. The molecule has 8 nitrogen and oxygen atoms in total. The molecule has 8 heteroatoms. The molecule has 1 fully saturated rings. The molecule has 1 aromatic carbocycles. The van der Waals surface area contributed by atoms with Crippen LogP contribution in [-0.2, 0) is 34.0 Å². The summed E-state index contributed by atoms with van der Waals surface area (Å²) >= 11 is 0. The van der Waals surface area contributed by atoms with Crippen LogP contribution in [0.15, 0.2) is 22.8 Å². The zero-order valence-electron chi connectivity index (χ0n) is 20.7. The lowest BCUT2D eigenvalue weighted by molar-refractivity contribution is -0.274. The zero-order valence-corrected chi connectivity index (χ0v) is 20.7. The van der Waals surface area contributed by atoms with E-state index in [9.17, 15) is 19.5 Å². The first-order chi connectivity index (χ1) is 15.8. The minimum Gasteiger partial charge on any atom is -0.464 e. The van der Waals surface area contributed by atoms with Crippen LogP contribution in [-0.4, -0.2) is 40.8 Å². The number of aryl methyl sites for hydroxylation is 1. The lowest BCUT2D eigenvalue weighted by atomic mass is 9.44. The smallest absolute Gasteiger partial charge is 0.303 e. The average Bonchev–Trinajstić information content (AvgIpc) is 3.19. The largest absolute Gasteiger partial charge is 0.464 e. The van der Waals surface area contributed by atoms with Crippen LogP contribution in [0, 0.1) is 12.3 Å². The molecular weight excluding hydrogens is 440 g/mol. The molecule has 0 unspecified atom stereocenters. The van der Waals surface area contributed by atoms with E-state index in [1.807, 2.05) is 39.8 Å². The number of carbonyl (C=O) groups excluding carboxylic acids is 3. The Morgan fingerprint density at radius 3 is 2.24 bits per heavy atom. The van der Waals surface area contributed by atoms with E-state index >= 15 is 0 Å². The van der Waals surface area contributed by atoms with Gasteiger partial charge in [0.25, 0.3) is 0 Å². The van der Waals surface area contributed by atoms with Gasteiger partial charge in [0, 0.05) is 31.7 Å². The molecule has 1 aromatic heterocycles. The molecule has 184 valence electrons. The first-order valence-corrected chi connectivity index (χ1v) is 11.5. The molecule has 0 aliphatic heterocycles. The third-order valence-electron chi connectivity index (χ3n) is 7.99. The summed E-state index contributed by atoms with van der Waals surface area (Å²) in [5.41, 5.74) is -1.14. The maximum Gasteiger partial charge on any atom is 0.303 e. The predicted octanol–water partition coefficient (Wildman–Crippen LogP) is 4.03. The number of hydrogen-bond donors (Lipinski definition) is 1. The molecule has 0 spiro atoms. The summed E-state index contributed by atoms with van der Waals surface area (Å²) in [4.78, 5) is 36.7. The van der Waals surface area contributed by atoms with Gasteiger partial charge in [-0.05, 0) is 55.4 Å². The molecule has 4 rings (SSSR count). The van der Waals surface area contributed by atoms with Crippen molar-refractivity contribution in [3.63, 3.8) is 0 Å². The monoisotopic (exact) mass is 472 g/mol. The summed E-state index contributed by atoms with van der Waals surface area (Å²) in [6.45, 7) is 11.3. The average molecular weight is 473 g/mol. The van der Waals surface area contributed by atoms with E-state index in [0.29, 0.717) is 29.6 Å². The Balaban J connectivity index is 2.15. The van der Waals surface area contributed by atoms with E-state index in [2.05, 4.69) is 0 Å². The highest BCUT2D eigenvalue weighted by Crippen LogP contribution is 2.64. The van der Waals surface area contributed by atoms with Crippen LogP contribution in [0.25, 0.3) is 11.0 Å². The SMILES string of the molecule is CC(=O)O[C@H]1CCC(C)(C)[C@]2(O)[C@@H](OC(C)=O)[C@@H](OC(C)=O)c3c(cc4occc4c3C)[C@@]12C. The Labute approximate surface area is 198 Å². The van der Waals surface area contributed by atoms with Crippen LogP contribution in [0.3, 0.4) is 0 Å². The molecule has 0 amide bonds. The topological polar surface area (TPSA) is 112 Å². The van der Waals surface area contributed by atoms with Gasteiger partial charge in [0.2, 0.25) is 0 Å². The molecule has 2 aliphatic carbocycles. The van der Waals surface area contributed by atoms with E-state index in [1.54, 1.807) is 6.26 Å². The summed E-state index contributed by atoms with van der Waals surface area (Å²) in [5.74, 6) is -1.66. The second kappa shape index (κ2) is 7.83. The Bertz CT molecular complexity index is 1180. The molecule has 0 bridgehead atoms. The van der Waals surface area contributed by atoms with Crippen LogP contribution in [0.1, 0.15) is 77.2 Å². The van der Waals surface area contributed by atoms with Gasteiger partial charge in [0.1, 0.15) is 17.3 Å².